The Morgan fingerprint density at radius 3 is 2.71 bits per heavy atom. The second-order valence-corrected chi connectivity index (χ2v) is 23.8. The fourth-order valence-electron chi connectivity index (χ4n) is 4.95. The van der Waals surface area contributed by atoms with Gasteiger partial charge in [0.05, 0.1) is 12.7 Å². The monoisotopic (exact) mass is 606 g/mol. The van der Waals surface area contributed by atoms with Crippen LogP contribution in [0.2, 0.25) is 18.1 Å². The zero-order chi connectivity index (χ0) is 28.3. The third kappa shape index (κ3) is 6.03. The quantitative estimate of drug-likeness (QED) is 0.241. The molecule has 2 saturated heterocycles. The molecular formula is C25H40FN2O6PS2Si. The second-order valence-electron chi connectivity index (χ2n) is 12.4. The molecule has 1 saturated carbocycles. The molecule has 8 nitrogen and oxygen atoms in total. The number of alkyl halides is 1. The van der Waals surface area contributed by atoms with Crippen molar-refractivity contribution in [2.24, 2.45) is 5.92 Å². The predicted octanol–water partition coefficient (Wildman–Crippen LogP) is 5.67. The number of nitrogens with one attached hydrogen (secondary N) is 1. The molecule has 1 aliphatic carbocycles. The van der Waals surface area contributed by atoms with Gasteiger partial charge in [-0.15, -0.1) is 0 Å². The first-order chi connectivity index (χ1) is 17.4. The average molecular weight is 607 g/mol. The van der Waals surface area contributed by atoms with Crippen molar-refractivity contribution in [1.29, 1.82) is 0 Å². The molecule has 0 aromatic carbocycles. The lowest BCUT2D eigenvalue weighted by molar-refractivity contribution is -0.0440. The van der Waals surface area contributed by atoms with Gasteiger partial charge >= 0.3 is 5.69 Å². The van der Waals surface area contributed by atoms with E-state index in [0.29, 0.717) is 5.92 Å². The van der Waals surface area contributed by atoms with Gasteiger partial charge in [-0.3, -0.25) is 14.3 Å². The minimum absolute atomic E-state index is 0.0225. The summed E-state index contributed by atoms with van der Waals surface area (Å²) in [5.74, 6) is 0.402. The van der Waals surface area contributed by atoms with Gasteiger partial charge in [0.15, 0.2) is 20.7 Å². The fraction of sp³-hybridized carbons (Fsp3) is 0.760. The van der Waals surface area contributed by atoms with Gasteiger partial charge in [0.2, 0.25) is 5.69 Å². The van der Waals surface area contributed by atoms with Crippen LogP contribution in [0.4, 0.5) is 4.39 Å². The predicted molar refractivity (Wildman–Crippen MR) is 155 cm³/mol. The summed E-state index contributed by atoms with van der Waals surface area (Å²) in [6.45, 7) is 18.6. The Kier molecular flexibility index (Phi) is 8.53. The normalized spacial score (nSPS) is 37.8. The van der Waals surface area contributed by atoms with Gasteiger partial charge in [0.25, 0.3) is 5.56 Å². The van der Waals surface area contributed by atoms with Crippen molar-refractivity contribution in [3.05, 3.63) is 45.3 Å². The van der Waals surface area contributed by atoms with Gasteiger partial charge in [-0.2, -0.15) is 0 Å². The molecule has 0 amide bonds. The number of H-pyrrole nitrogens is 1. The minimum atomic E-state index is -2.73. The number of hydrogen-bond donors (Lipinski definition) is 1. The first kappa shape index (κ1) is 30.4. The van der Waals surface area contributed by atoms with Crippen LogP contribution in [0.15, 0.2) is 34.0 Å². The number of aromatic nitrogens is 2. The number of ether oxygens (including phenoxy) is 1. The highest BCUT2D eigenvalue weighted by atomic mass is 32.9. The topological polar surface area (TPSA) is 91.8 Å². The van der Waals surface area contributed by atoms with Gasteiger partial charge < -0.3 is 18.2 Å². The van der Waals surface area contributed by atoms with Gasteiger partial charge in [-0.1, -0.05) is 44.3 Å². The highest BCUT2D eigenvalue weighted by Gasteiger charge is 2.55. The molecule has 0 radical (unpaired) electrons. The SMILES string of the molecule is C=C(C)[C@@H]1CC[C@]2(C)SP(=S)(OC[C@H]3O[C@@H](n4ccc(=O)[nH]c4=O)[C@H](F)[C@@H]3O[Si](C)(C)C(C)(C)C)O[C@H]2C1. The Morgan fingerprint density at radius 2 is 2.11 bits per heavy atom. The maximum absolute atomic E-state index is 16.0. The van der Waals surface area contributed by atoms with Crippen molar-refractivity contribution >= 4 is 37.2 Å². The molecule has 13 heteroatoms. The van der Waals surface area contributed by atoms with E-state index in [0.717, 1.165) is 29.4 Å². The first-order valence-electron chi connectivity index (χ1n) is 13.0. The Bertz CT molecular complexity index is 1240. The number of allylic oxidation sites excluding steroid dienone is 1. The van der Waals surface area contributed by atoms with E-state index in [4.69, 9.17) is 30.0 Å². The molecular weight excluding hydrogens is 566 g/mol. The summed E-state index contributed by atoms with van der Waals surface area (Å²) in [6.07, 6.45) is -0.633. The van der Waals surface area contributed by atoms with E-state index < -0.39 is 49.9 Å². The van der Waals surface area contributed by atoms with Crippen LogP contribution in [0.3, 0.4) is 0 Å². The number of halogens is 1. The third-order valence-electron chi connectivity index (χ3n) is 8.47. The molecule has 4 rings (SSSR count). The maximum atomic E-state index is 16.0. The molecule has 2 aliphatic heterocycles. The number of rotatable bonds is 7. The average Bonchev–Trinajstić information content (AvgIpc) is 3.23. The van der Waals surface area contributed by atoms with Crippen LogP contribution in [0.5, 0.6) is 0 Å². The van der Waals surface area contributed by atoms with Crippen molar-refractivity contribution in [3.8, 4) is 0 Å². The Balaban J connectivity index is 1.55. The summed E-state index contributed by atoms with van der Waals surface area (Å²) in [4.78, 5) is 26.2. The van der Waals surface area contributed by atoms with Gasteiger partial charge in [0.1, 0.15) is 12.2 Å². The highest BCUT2D eigenvalue weighted by Crippen LogP contribution is 2.75. The minimum Gasteiger partial charge on any atom is -0.408 e. The van der Waals surface area contributed by atoms with E-state index in [1.165, 1.54) is 12.3 Å². The summed E-state index contributed by atoms with van der Waals surface area (Å²) < 4.78 is 42.2. The lowest BCUT2D eigenvalue weighted by Crippen LogP contribution is -2.49. The molecule has 0 spiro atoms. The number of nitrogens with zero attached hydrogens (tertiary/aromatic N) is 1. The van der Waals surface area contributed by atoms with Gasteiger partial charge in [-0.05, 0) is 69.0 Å². The summed E-state index contributed by atoms with van der Waals surface area (Å²) in [5.41, 5.74) is -2.88. The van der Waals surface area contributed by atoms with E-state index in [9.17, 15) is 9.59 Å². The van der Waals surface area contributed by atoms with E-state index in [2.05, 4.69) is 46.2 Å². The molecule has 1 aromatic heterocycles. The molecule has 1 aromatic rings. The Hall–Kier alpha value is -0.593. The van der Waals surface area contributed by atoms with Crippen LogP contribution in [0.25, 0.3) is 0 Å². The van der Waals surface area contributed by atoms with Crippen LogP contribution in [-0.2, 0) is 30.0 Å². The van der Waals surface area contributed by atoms with Crippen molar-refractivity contribution < 1.29 is 22.6 Å². The van der Waals surface area contributed by atoms with Crippen LogP contribution in [0, 0.1) is 5.92 Å². The van der Waals surface area contributed by atoms with Crippen molar-refractivity contribution in [3.63, 3.8) is 0 Å². The van der Waals surface area contributed by atoms with E-state index in [1.807, 2.05) is 13.1 Å². The third-order valence-corrected chi connectivity index (χ3v) is 18.8. The molecule has 214 valence electrons. The van der Waals surface area contributed by atoms with E-state index >= 15 is 4.39 Å². The molecule has 38 heavy (non-hydrogen) atoms. The lowest BCUT2D eigenvalue weighted by Gasteiger charge is -2.39. The number of aromatic amines is 1. The maximum Gasteiger partial charge on any atom is 0.330 e. The number of fused-ring (bicyclic) bond motifs is 1. The van der Waals surface area contributed by atoms with Gasteiger partial charge in [0, 0.05) is 17.0 Å². The van der Waals surface area contributed by atoms with Crippen LogP contribution in [0.1, 0.15) is 60.1 Å². The van der Waals surface area contributed by atoms with Crippen molar-refractivity contribution in [1.82, 2.24) is 9.55 Å². The summed E-state index contributed by atoms with van der Waals surface area (Å²) in [7, 11) is -2.42. The standard InChI is InChI=1S/C25H40FN2O6PS2Si/c1-15(2)16-9-11-25(6)18(13-16)33-35(36,37-25)31-14-17-21(34-38(7,8)24(3,4)5)20(26)22(32-17)28-12-10-19(29)27-23(28)30/h10,12,16-18,20-22H,1,9,11,13-14H2,2-8H3,(H,27,29,30)/t16-,17-,18+,20-,21-,22-,25+,35?/m1/s1. The van der Waals surface area contributed by atoms with Crippen LogP contribution >= 0.6 is 17.1 Å². The fourth-order valence-corrected chi connectivity index (χ4v) is 13.4. The molecule has 1 N–H and O–H groups in total. The molecule has 3 fully saturated rings. The largest absolute Gasteiger partial charge is 0.408 e. The smallest absolute Gasteiger partial charge is 0.330 e. The van der Waals surface area contributed by atoms with Gasteiger partial charge in [-0.25, -0.2) is 9.18 Å². The zero-order valence-corrected chi connectivity index (χ0v) is 26.7. The Labute approximate surface area is 234 Å². The van der Waals surface area contributed by atoms with E-state index in [-0.39, 0.29) is 22.5 Å². The summed E-state index contributed by atoms with van der Waals surface area (Å²) in [5, 5.41) is -0.175. The Morgan fingerprint density at radius 1 is 1.42 bits per heavy atom. The second kappa shape index (κ2) is 10.7. The molecule has 0 bridgehead atoms. The van der Waals surface area contributed by atoms with Crippen LogP contribution < -0.4 is 11.2 Å². The summed E-state index contributed by atoms with van der Waals surface area (Å²) in [6, 6.07) is 1.17. The lowest BCUT2D eigenvalue weighted by atomic mass is 9.77. The van der Waals surface area contributed by atoms with Crippen molar-refractivity contribution in [2.45, 2.75) is 107 Å². The molecule has 3 aliphatic rings. The molecule has 8 atom stereocenters. The van der Waals surface area contributed by atoms with Crippen LogP contribution in [-0.4, -0.2) is 53.7 Å². The first-order valence-corrected chi connectivity index (χ1v) is 20.0. The molecule has 3 heterocycles. The highest BCUT2D eigenvalue weighted by molar-refractivity contribution is 8.68. The number of hydrogen-bond acceptors (Lipinski definition) is 8. The van der Waals surface area contributed by atoms with Crippen molar-refractivity contribution in [2.75, 3.05) is 6.61 Å². The molecule has 1 unspecified atom stereocenters. The van der Waals surface area contributed by atoms with E-state index in [1.54, 1.807) is 11.4 Å². The summed E-state index contributed by atoms with van der Waals surface area (Å²) >= 11 is 7.51. The zero-order valence-electron chi connectivity index (χ0n) is 23.2.